The average molecular weight is 360 g/mol. The van der Waals surface area contributed by atoms with E-state index in [1.807, 2.05) is 24.3 Å². The predicted molar refractivity (Wildman–Crippen MR) is 95.3 cm³/mol. The van der Waals surface area contributed by atoms with Gasteiger partial charge in [-0.2, -0.15) is 0 Å². The summed E-state index contributed by atoms with van der Waals surface area (Å²) in [6.07, 6.45) is 4.59. The third-order valence-electron chi connectivity index (χ3n) is 5.83. The predicted octanol–water partition coefficient (Wildman–Crippen LogP) is 3.70. The Morgan fingerprint density at radius 2 is 1.96 bits per heavy atom. The minimum Gasteiger partial charge on any atom is -0.469 e. The number of benzene rings is 1. The number of methoxy groups -OCH3 is 1. The van der Waals surface area contributed by atoms with Gasteiger partial charge < -0.3 is 9.64 Å². The summed E-state index contributed by atoms with van der Waals surface area (Å²) in [6.45, 7) is 0.913. The van der Waals surface area contributed by atoms with Crippen molar-refractivity contribution in [2.24, 2.45) is 5.92 Å². The maximum absolute atomic E-state index is 13.3. The fourth-order valence-electron chi connectivity index (χ4n) is 4.77. The van der Waals surface area contributed by atoms with Gasteiger partial charge in [-0.3, -0.25) is 9.59 Å². The highest BCUT2D eigenvalue weighted by molar-refractivity contribution is 6.30. The molecule has 0 amide bonds. The molecule has 0 bridgehead atoms. The Morgan fingerprint density at radius 3 is 2.68 bits per heavy atom. The van der Waals surface area contributed by atoms with Crippen LogP contribution >= 0.6 is 11.6 Å². The van der Waals surface area contributed by atoms with Gasteiger partial charge in [0.1, 0.15) is 0 Å². The van der Waals surface area contributed by atoms with Crippen molar-refractivity contribution in [3.63, 3.8) is 0 Å². The van der Waals surface area contributed by atoms with Crippen molar-refractivity contribution >= 4 is 23.4 Å². The highest BCUT2D eigenvalue weighted by atomic mass is 35.5. The minimum atomic E-state index is -0.351. The Morgan fingerprint density at radius 1 is 1.20 bits per heavy atom. The molecule has 4 nitrogen and oxygen atoms in total. The molecule has 1 aromatic carbocycles. The molecule has 5 heteroatoms. The lowest BCUT2D eigenvalue weighted by molar-refractivity contribution is -0.145. The fourth-order valence-corrected chi connectivity index (χ4v) is 4.90. The minimum absolute atomic E-state index is 0.0455. The molecule has 4 rings (SSSR count). The molecule has 3 atom stereocenters. The number of Topliss-reactive ketones (excluding diaryl/α,β-unsaturated/α-hetero) is 1. The quantitative estimate of drug-likeness (QED) is 0.755. The summed E-state index contributed by atoms with van der Waals surface area (Å²) in [5.41, 5.74) is 3.12. The SMILES string of the molecule is COC(=O)C1CCCC2=C1C(c1ccc(Cl)cc1)C(=O)C1CCCN21. The average Bonchev–Trinajstić information content (AvgIpc) is 3.13. The molecule has 0 aromatic heterocycles. The number of rotatable bonds is 2. The lowest BCUT2D eigenvalue weighted by Crippen LogP contribution is -2.47. The number of ether oxygens (including phenoxy) is 1. The van der Waals surface area contributed by atoms with Crippen LogP contribution in [0.4, 0.5) is 0 Å². The molecule has 3 aliphatic rings. The smallest absolute Gasteiger partial charge is 0.312 e. The first-order valence-corrected chi connectivity index (χ1v) is 9.36. The van der Waals surface area contributed by atoms with Crippen LogP contribution in [0.25, 0.3) is 0 Å². The first-order chi connectivity index (χ1) is 12.1. The summed E-state index contributed by atoms with van der Waals surface area (Å²) in [5.74, 6) is -0.679. The van der Waals surface area contributed by atoms with Gasteiger partial charge >= 0.3 is 5.97 Å². The lowest BCUT2D eigenvalue weighted by atomic mass is 9.70. The number of carbonyl (C=O) groups excluding carboxylic acids is 2. The maximum atomic E-state index is 13.3. The molecule has 0 N–H and O–H groups in total. The zero-order valence-corrected chi connectivity index (χ0v) is 15.1. The van der Waals surface area contributed by atoms with Crippen molar-refractivity contribution in [2.45, 2.75) is 44.1 Å². The van der Waals surface area contributed by atoms with Crippen LogP contribution in [0.5, 0.6) is 0 Å². The number of fused-ring (bicyclic) bond motifs is 2. The van der Waals surface area contributed by atoms with E-state index in [1.54, 1.807) is 0 Å². The van der Waals surface area contributed by atoms with E-state index in [0.29, 0.717) is 5.02 Å². The number of nitrogens with zero attached hydrogens (tertiary/aromatic N) is 1. The zero-order chi connectivity index (χ0) is 17.6. The largest absolute Gasteiger partial charge is 0.469 e. The Bertz CT molecular complexity index is 740. The number of allylic oxidation sites excluding steroid dienone is 1. The highest BCUT2D eigenvalue weighted by Crippen LogP contribution is 2.48. The summed E-state index contributed by atoms with van der Waals surface area (Å²) >= 11 is 6.04. The number of esters is 1. The molecule has 132 valence electrons. The van der Waals surface area contributed by atoms with Gasteiger partial charge in [0.2, 0.25) is 0 Å². The molecule has 25 heavy (non-hydrogen) atoms. The maximum Gasteiger partial charge on any atom is 0.312 e. The van der Waals surface area contributed by atoms with Crippen molar-refractivity contribution in [2.75, 3.05) is 13.7 Å². The van der Waals surface area contributed by atoms with E-state index >= 15 is 0 Å². The molecule has 0 saturated carbocycles. The first-order valence-electron chi connectivity index (χ1n) is 8.98. The molecule has 2 heterocycles. The van der Waals surface area contributed by atoms with Crippen LogP contribution in [0.3, 0.4) is 0 Å². The normalized spacial score (nSPS) is 28.6. The summed E-state index contributed by atoms with van der Waals surface area (Å²) in [4.78, 5) is 28.1. The number of carbonyl (C=O) groups is 2. The van der Waals surface area contributed by atoms with Crippen molar-refractivity contribution < 1.29 is 14.3 Å². The summed E-state index contributed by atoms with van der Waals surface area (Å²) in [5, 5.41) is 0.650. The highest BCUT2D eigenvalue weighted by Gasteiger charge is 2.48. The Hall–Kier alpha value is -1.81. The summed E-state index contributed by atoms with van der Waals surface area (Å²) in [7, 11) is 1.43. The van der Waals surface area contributed by atoms with Crippen LogP contribution in [0.15, 0.2) is 35.5 Å². The van der Waals surface area contributed by atoms with Crippen LogP contribution in [-0.2, 0) is 14.3 Å². The summed E-state index contributed by atoms with van der Waals surface area (Å²) < 4.78 is 5.06. The molecule has 1 fully saturated rings. The van der Waals surface area contributed by atoms with Crippen LogP contribution < -0.4 is 0 Å². The second-order valence-electron chi connectivity index (χ2n) is 7.11. The van der Waals surface area contributed by atoms with Crippen molar-refractivity contribution in [1.82, 2.24) is 4.90 Å². The van der Waals surface area contributed by atoms with Gasteiger partial charge in [-0.1, -0.05) is 23.7 Å². The molecule has 2 aliphatic heterocycles. The van der Waals surface area contributed by atoms with E-state index in [-0.39, 0.29) is 29.6 Å². The molecule has 1 saturated heterocycles. The standard InChI is InChI=1S/C20H22ClNO3/c1-25-20(24)14-4-2-5-15-18(14)17(12-7-9-13(21)10-8-12)19(23)16-6-3-11-22(15)16/h7-10,14,16-17H,2-6,11H2,1H3. The molecular weight excluding hydrogens is 338 g/mol. The van der Waals surface area contributed by atoms with Gasteiger partial charge in [-0.25, -0.2) is 0 Å². The van der Waals surface area contributed by atoms with Crippen molar-refractivity contribution in [3.05, 3.63) is 46.1 Å². The van der Waals surface area contributed by atoms with Gasteiger partial charge in [-0.05, 0) is 55.4 Å². The third kappa shape index (κ3) is 2.67. The van der Waals surface area contributed by atoms with E-state index in [9.17, 15) is 9.59 Å². The topological polar surface area (TPSA) is 46.6 Å². The molecule has 3 unspecified atom stereocenters. The lowest BCUT2D eigenvalue weighted by Gasteiger charge is -2.43. The number of ketones is 1. The van der Waals surface area contributed by atoms with Crippen LogP contribution in [0, 0.1) is 5.92 Å². The monoisotopic (exact) mass is 359 g/mol. The Labute approximate surface area is 152 Å². The van der Waals surface area contributed by atoms with Gasteiger partial charge in [0.05, 0.1) is 25.0 Å². The number of hydrogen-bond donors (Lipinski definition) is 0. The Balaban J connectivity index is 1.87. The molecule has 1 aliphatic carbocycles. The van der Waals surface area contributed by atoms with Gasteiger partial charge in [0, 0.05) is 17.3 Å². The number of halogens is 1. The van der Waals surface area contributed by atoms with Crippen LogP contribution in [0.2, 0.25) is 5.02 Å². The van der Waals surface area contributed by atoms with Crippen LogP contribution in [0.1, 0.15) is 43.6 Å². The van der Waals surface area contributed by atoms with E-state index in [0.717, 1.165) is 49.8 Å². The van der Waals surface area contributed by atoms with Crippen molar-refractivity contribution in [3.8, 4) is 0 Å². The fraction of sp³-hybridized carbons (Fsp3) is 0.500. The first kappa shape index (κ1) is 16.6. The van der Waals surface area contributed by atoms with Gasteiger partial charge in [-0.15, -0.1) is 0 Å². The van der Waals surface area contributed by atoms with E-state index < -0.39 is 0 Å². The molecule has 0 spiro atoms. The second-order valence-corrected chi connectivity index (χ2v) is 7.54. The second kappa shape index (κ2) is 6.49. The Kier molecular flexibility index (Phi) is 4.32. The van der Waals surface area contributed by atoms with Crippen LogP contribution in [-0.4, -0.2) is 36.3 Å². The van der Waals surface area contributed by atoms with Crippen molar-refractivity contribution in [1.29, 1.82) is 0 Å². The zero-order valence-electron chi connectivity index (χ0n) is 14.3. The molecule has 1 aromatic rings. The van der Waals surface area contributed by atoms with Gasteiger partial charge in [0.15, 0.2) is 5.78 Å². The number of hydrogen-bond acceptors (Lipinski definition) is 4. The van der Waals surface area contributed by atoms with E-state index in [1.165, 1.54) is 12.8 Å². The van der Waals surface area contributed by atoms with E-state index in [4.69, 9.17) is 16.3 Å². The summed E-state index contributed by atoms with van der Waals surface area (Å²) in [6, 6.07) is 7.44. The van der Waals surface area contributed by atoms with E-state index in [2.05, 4.69) is 4.90 Å². The molecule has 0 radical (unpaired) electrons. The molecular formula is C20H22ClNO3. The van der Waals surface area contributed by atoms with Gasteiger partial charge in [0.25, 0.3) is 0 Å². The third-order valence-corrected chi connectivity index (χ3v) is 6.08.